The van der Waals surface area contributed by atoms with Crippen molar-refractivity contribution in [1.29, 1.82) is 5.26 Å². The maximum atomic E-state index is 11.2. The molecular formula is C10H14N4O. The van der Waals surface area contributed by atoms with E-state index >= 15 is 0 Å². The van der Waals surface area contributed by atoms with Crippen LogP contribution in [-0.2, 0) is 11.3 Å². The number of hydrogen-bond donors (Lipinski definition) is 2. The zero-order valence-electron chi connectivity index (χ0n) is 9.09. The molecule has 0 bridgehead atoms. The minimum absolute atomic E-state index is 0.135. The van der Waals surface area contributed by atoms with E-state index in [9.17, 15) is 4.79 Å². The first-order valence-corrected chi connectivity index (χ1v) is 4.58. The third-order valence-corrected chi connectivity index (χ3v) is 2.56. The molecule has 0 radical (unpaired) electrons. The van der Waals surface area contributed by atoms with Gasteiger partial charge >= 0.3 is 0 Å². The lowest BCUT2D eigenvalue weighted by Gasteiger charge is -2.07. The van der Waals surface area contributed by atoms with Crippen LogP contribution >= 0.6 is 0 Å². The SMILES string of the molecule is CNC(=O)Cn1c(C)c(C)c(C#N)c1N. The average molecular weight is 206 g/mol. The van der Waals surface area contributed by atoms with Crippen LogP contribution in [0, 0.1) is 25.2 Å². The molecule has 1 rings (SSSR count). The average Bonchev–Trinajstić information content (AvgIpc) is 2.42. The third kappa shape index (κ3) is 1.79. The summed E-state index contributed by atoms with van der Waals surface area (Å²) in [6, 6.07) is 2.04. The number of nitrogen functional groups attached to an aromatic ring is 1. The zero-order chi connectivity index (χ0) is 11.6. The Kier molecular flexibility index (Phi) is 3.00. The lowest BCUT2D eigenvalue weighted by molar-refractivity contribution is -0.121. The maximum absolute atomic E-state index is 11.2. The summed E-state index contributed by atoms with van der Waals surface area (Å²) in [7, 11) is 1.56. The second kappa shape index (κ2) is 4.05. The van der Waals surface area contributed by atoms with Crippen LogP contribution in [0.25, 0.3) is 0 Å². The predicted octanol–water partition coefficient (Wildman–Crippen LogP) is 0.305. The van der Waals surface area contributed by atoms with Gasteiger partial charge in [0.05, 0.1) is 5.56 Å². The van der Waals surface area contributed by atoms with Gasteiger partial charge in [-0.05, 0) is 19.4 Å². The lowest BCUT2D eigenvalue weighted by Crippen LogP contribution is -2.24. The minimum Gasteiger partial charge on any atom is -0.384 e. The number of aromatic nitrogens is 1. The Balaban J connectivity index is 3.20. The third-order valence-electron chi connectivity index (χ3n) is 2.56. The number of carbonyl (C=O) groups excluding carboxylic acids is 1. The Bertz CT molecular complexity index is 439. The van der Waals surface area contributed by atoms with E-state index in [1.807, 2.05) is 19.9 Å². The Morgan fingerprint density at radius 3 is 2.60 bits per heavy atom. The number of likely N-dealkylation sites (N-methyl/N-ethyl adjacent to an activating group) is 1. The predicted molar refractivity (Wildman–Crippen MR) is 57.1 cm³/mol. The van der Waals surface area contributed by atoms with Crippen molar-refractivity contribution in [3.63, 3.8) is 0 Å². The van der Waals surface area contributed by atoms with Gasteiger partial charge in [-0.2, -0.15) is 5.26 Å². The van der Waals surface area contributed by atoms with E-state index in [0.717, 1.165) is 11.3 Å². The van der Waals surface area contributed by atoms with Crippen molar-refractivity contribution in [2.24, 2.45) is 0 Å². The summed E-state index contributed by atoms with van der Waals surface area (Å²) < 4.78 is 1.65. The number of anilines is 1. The van der Waals surface area contributed by atoms with Gasteiger partial charge in [-0.3, -0.25) is 4.79 Å². The molecule has 5 nitrogen and oxygen atoms in total. The summed E-state index contributed by atoms with van der Waals surface area (Å²) in [6.45, 7) is 3.82. The molecule has 0 saturated carbocycles. The van der Waals surface area contributed by atoms with E-state index in [0.29, 0.717) is 11.4 Å². The summed E-state index contributed by atoms with van der Waals surface area (Å²) in [5, 5.41) is 11.4. The van der Waals surface area contributed by atoms with Gasteiger partial charge in [0.15, 0.2) is 0 Å². The monoisotopic (exact) mass is 206 g/mol. The molecule has 0 spiro atoms. The highest BCUT2D eigenvalue weighted by Crippen LogP contribution is 2.22. The number of hydrogen-bond acceptors (Lipinski definition) is 3. The van der Waals surface area contributed by atoms with Crippen LogP contribution in [0.3, 0.4) is 0 Å². The molecule has 0 saturated heterocycles. The van der Waals surface area contributed by atoms with Gasteiger partial charge in [-0.15, -0.1) is 0 Å². The van der Waals surface area contributed by atoms with Crippen molar-refractivity contribution in [2.45, 2.75) is 20.4 Å². The summed E-state index contributed by atoms with van der Waals surface area (Å²) in [6.07, 6.45) is 0. The molecule has 0 unspecified atom stereocenters. The first-order chi connectivity index (χ1) is 7.02. The molecule has 0 atom stereocenters. The largest absolute Gasteiger partial charge is 0.384 e. The van der Waals surface area contributed by atoms with Crippen molar-refractivity contribution in [1.82, 2.24) is 9.88 Å². The molecule has 80 valence electrons. The fraction of sp³-hybridized carbons (Fsp3) is 0.400. The quantitative estimate of drug-likeness (QED) is 0.730. The molecule has 0 aliphatic carbocycles. The van der Waals surface area contributed by atoms with Gasteiger partial charge in [-0.25, -0.2) is 0 Å². The standard InChI is InChI=1S/C10H14N4O/c1-6-7(2)14(5-9(15)13-3)10(12)8(6)4-11/h5,12H2,1-3H3,(H,13,15). The van der Waals surface area contributed by atoms with Crippen molar-refractivity contribution < 1.29 is 4.79 Å². The van der Waals surface area contributed by atoms with Crippen LogP contribution < -0.4 is 11.1 Å². The van der Waals surface area contributed by atoms with Gasteiger partial charge in [0.1, 0.15) is 18.4 Å². The fourth-order valence-electron chi connectivity index (χ4n) is 1.46. The molecule has 15 heavy (non-hydrogen) atoms. The Morgan fingerprint density at radius 1 is 1.60 bits per heavy atom. The molecule has 3 N–H and O–H groups in total. The summed E-state index contributed by atoms with van der Waals surface area (Å²) >= 11 is 0. The number of amides is 1. The molecule has 1 aromatic heterocycles. The van der Waals surface area contributed by atoms with Gasteiger partial charge in [0.2, 0.25) is 5.91 Å². The molecule has 1 aromatic rings. The molecule has 5 heteroatoms. The number of nitriles is 1. The molecule has 0 aliphatic heterocycles. The number of carbonyl (C=O) groups is 1. The summed E-state index contributed by atoms with van der Waals surface area (Å²) in [5.74, 6) is 0.223. The second-order valence-electron chi connectivity index (χ2n) is 3.34. The summed E-state index contributed by atoms with van der Waals surface area (Å²) in [5.41, 5.74) is 7.92. The minimum atomic E-state index is -0.135. The van der Waals surface area contributed by atoms with Gasteiger partial charge < -0.3 is 15.6 Å². The Hall–Kier alpha value is -1.96. The number of nitrogens with zero attached hydrogens (tertiary/aromatic N) is 2. The van der Waals surface area contributed by atoms with Crippen molar-refractivity contribution >= 4 is 11.7 Å². The van der Waals surface area contributed by atoms with Crippen LogP contribution in [0.5, 0.6) is 0 Å². The highest BCUT2D eigenvalue weighted by atomic mass is 16.1. The molecule has 0 aliphatic rings. The first-order valence-electron chi connectivity index (χ1n) is 4.58. The van der Waals surface area contributed by atoms with Crippen LogP contribution in [0.2, 0.25) is 0 Å². The topological polar surface area (TPSA) is 83.8 Å². The summed E-state index contributed by atoms with van der Waals surface area (Å²) in [4.78, 5) is 11.2. The van der Waals surface area contributed by atoms with E-state index in [-0.39, 0.29) is 12.5 Å². The van der Waals surface area contributed by atoms with E-state index < -0.39 is 0 Å². The van der Waals surface area contributed by atoms with Crippen LogP contribution in [0.1, 0.15) is 16.8 Å². The Morgan fingerprint density at radius 2 is 2.20 bits per heavy atom. The molecule has 0 aromatic carbocycles. The molecule has 0 fully saturated rings. The normalized spacial score (nSPS) is 9.73. The second-order valence-corrected chi connectivity index (χ2v) is 3.34. The molecular weight excluding hydrogens is 192 g/mol. The van der Waals surface area contributed by atoms with Crippen molar-refractivity contribution in [3.05, 3.63) is 16.8 Å². The van der Waals surface area contributed by atoms with Gasteiger partial charge in [-0.1, -0.05) is 0 Å². The van der Waals surface area contributed by atoms with Crippen LogP contribution in [-0.4, -0.2) is 17.5 Å². The molecule has 1 heterocycles. The van der Waals surface area contributed by atoms with Gasteiger partial charge in [0.25, 0.3) is 0 Å². The van der Waals surface area contributed by atoms with Crippen LogP contribution in [0.4, 0.5) is 5.82 Å². The maximum Gasteiger partial charge on any atom is 0.239 e. The van der Waals surface area contributed by atoms with E-state index in [4.69, 9.17) is 11.0 Å². The van der Waals surface area contributed by atoms with Crippen LogP contribution in [0.15, 0.2) is 0 Å². The smallest absolute Gasteiger partial charge is 0.239 e. The lowest BCUT2D eigenvalue weighted by atomic mass is 10.2. The zero-order valence-corrected chi connectivity index (χ0v) is 9.09. The van der Waals surface area contributed by atoms with Crippen molar-refractivity contribution in [3.8, 4) is 6.07 Å². The highest BCUT2D eigenvalue weighted by Gasteiger charge is 2.16. The van der Waals surface area contributed by atoms with Crippen molar-refractivity contribution in [2.75, 3.05) is 12.8 Å². The van der Waals surface area contributed by atoms with E-state index in [1.165, 1.54) is 0 Å². The Labute approximate surface area is 88.5 Å². The first kappa shape index (κ1) is 11.1. The van der Waals surface area contributed by atoms with Gasteiger partial charge in [0, 0.05) is 12.7 Å². The molecule has 1 amide bonds. The number of rotatable bonds is 2. The fourth-order valence-corrected chi connectivity index (χ4v) is 1.46. The van der Waals surface area contributed by atoms with E-state index in [1.54, 1.807) is 11.6 Å². The highest BCUT2D eigenvalue weighted by molar-refractivity contribution is 5.76. The number of nitrogens with two attached hydrogens (primary N) is 1. The van der Waals surface area contributed by atoms with E-state index in [2.05, 4.69) is 5.32 Å². The number of nitrogens with one attached hydrogen (secondary N) is 1.